The van der Waals surface area contributed by atoms with E-state index in [9.17, 15) is 5.11 Å². The normalized spacial score (nSPS) is 11.2. The number of halogens is 2. The van der Waals surface area contributed by atoms with E-state index in [0.29, 0.717) is 28.0 Å². The molecule has 0 aliphatic carbocycles. The van der Waals surface area contributed by atoms with Gasteiger partial charge in [0, 0.05) is 10.6 Å². The van der Waals surface area contributed by atoms with Crippen LogP contribution in [-0.2, 0) is 6.61 Å². The van der Waals surface area contributed by atoms with Gasteiger partial charge in [-0.05, 0) is 45.2 Å². The fourth-order valence-electron chi connectivity index (χ4n) is 1.79. The van der Waals surface area contributed by atoms with Crippen LogP contribution in [0, 0.1) is 16.7 Å². The number of ether oxygens (including phenoxy) is 1. The van der Waals surface area contributed by atoms with E-state index in [1.54, 1.807) is 12.1 Å². The smallest absolute Gasteiger partial charge is 0.143 e. The van der Waals surface area contributed by atoms with E-state index in [1.807, 2.05) is 13.8 Å². The van der Waals surface area contributed by atoms with Crippen molar-refractivity contribution in [2.75, 3.05) is 6.61 Å². The van der Waals surface area contributed by atoms with Gasteiger partial charge in [-0.3, -0.25) is 0 Å². The number of unbranched alkanes of at least 4 members (excludes halogenated alkanes) is 1. The lowest BCUT2D eigenvalue weighted by atomic mass is 9.89. The molecule has 20 heavy (non-hydrogen) atoms. The number of hydrogen-bond acceptors (Lipinski definition) is 3. The maximum atomic E-state index is 9.28. The van der Waals surface area contributed by atoms with E-state index < -0.39 is 0 Å². The predicted molar refractivity (Wildman–Crippen MR) is 81.1 cm³/mol. The second-order valence-electron chi connectivity index (χ2n) is 5.34. The van der Waals surface area contributed by atoms with Crippen LogP contribution in [0.3, 0.4) is 0 Å². The summed E-state index contributed by atoms with van der Waals surface area (Å²) in [5, 5.41) is 19.1. The molecule has 0 aliphatic heterocycles. The highest BCUT2D eigenvalue weighted by atomic mass is 35.5. The quantitative estimate of drug-likeness (QED) is 0.749. The molecule has 0 unspecified atom stereocenters. The van der Waals surface area contributed by atoms with Gasteiger partial charge in [0.2, 0.25) is 0 Å². The lowest BCUT2D eigenvalue weighted by Crippen LogP contribution is -2.08. The second-order valence-corrected chi connectivity index (χ2v) is 6.18. The van der Waals surface area contributed by atoms with E-state index >= 15 is 0 Å². The molecular weight excluding hydrogens is 297 g/mol. The molecular formula is C15H19Cl2NO2. The Morgan fingerprint density at radius 1 is 1.30 bits per heavy atom. The van der Waals surface area contributed by atoms with Crippen molar-refractivity contribution < 1.29 is 9.84 Å². The first kappa shape index (κ1) is 17.1. The van der Waals surface area contributed by atoms with Gasteiger partial charge in [0.05, 0.1) is 29.7 Å². The first-order valence-electron chi connectivity index (χ1n) is 6.52. The van der Waals surface area contributed by atoms with Crippen LogP contribution in [-0.4, -0.2) is 11.7 Å². The highest BCUT2D eigenvalue weighted by molar-refractivity contribution is 6.35. The van der Waals surface area contributed by atoms with Crippen molar-refractivity contribution in [1.29, 1.82) is 5.26 Å². The van der Waals surface area contributed by atoms with Crippen LogP contribution in [0.15, 0.2) is 12.1 Å². The standard InChI is InChI=1S/C15H19Cl2NO2/c1-15(2,10-18)5-3-4-6-20-14-11(9-19)7-12(16)8-13(14)17/h7-8,19H,3-6,9H2,1-2H3. The summed E-state index contributed by atoms with van der Waals surface area (Å²) in [4.78, 5) is 0. The van der Waals surface area contributed by atoms with E-state index in [2.05, 4.69) is 6.07 Å². The highest BCUT2D eigenvalue weighted by Crippen LogP contribution is 2.32. The van der Waals surface area contributed by atoms with Gasteiger partial charge >= 0.3 is 0 Å². The van der Waals surface area contributed by atoms with Crippen LogP contribution in [0.4, 0.5) is 0 Å². The molecule has 0 saturated heterocycles. The van der Waals surface area contributed by atoms with Gasteiger partial charge < -0.3 is 9.84 Å². The van der Waals surface area contributed by atoms with Crippen molar-refractivity contribution >= 4 is 23.2 Å². The number of benzene rings is 1. The van der Waals surface area contributed by atoms with Crippen molar-refractivity contribution in [1.82, 2.24) is 0 Å². The molecule has 0 aromatic heterocycles. The van der Waals surface area contributed by atoms with Crippen molar-refractivity contribution in [3.05, 3.63) is 27.7 Å². The van der Waals surface area contributed by atoms with Crippen LogP contribution in [0.1, 0.15) is 38.7 Å². The summed E-state index contributed by atoms with van der Waals surface area (Å²) < 4.78 is 5.63. The van der Waals surface area contributed by atoms with E-state index in [0.717, 1.165) is 19.3 Å². The van der Waals surface area contributed by atoms with Crippen LogP contribution in [0.5, 0.6) is 5.75 Å². The molecule has 3 nitrogen and oxygen atoms in total. The van der Waals surface area contributed by atoms with E-state index in [4.69, 9.17) is 33.2 Å². The number of aliphatic hydroxyl groups is 1. The first-order chi connectivity index (χ1) is 9.39. The Hall–Kier alpha value is -0.950. The molecule has 1 rings (SSSR count). The van der Waals surface area contributed by atoms with Gasteiger partial charge in [0.1, 0.15) is 5.75 Å². The molecule has 5 heteroatoms. The first-order valence-corrected chi connectivity index (χ1v) is 7.28. The third-order valence-corrected chi connectivity index (χ3v) is 3.50. The minimum absolute atomic E-state index is 0.170. The van der Waals surface area contributed by atoms with Crippen molar-refractivity contribution in [2.45, 2.75) is 39.7 Å². The molecule has 110 valence electrons. The lowest BCUT2D eigenvalue weighted by Gasteiger charge is -2.15. The Morgan fingerprint density at radius 2 is 2.00 bits per heavy atom. The molecule has 0 saturated carbocycles. The molecule has 0 heterocycles. The summed E-state index contributed by atoms with van der Waals surface area (Å²) in [6.07, 6.45) is 2.56. The molecule has 0 atom stereocenters. The van der Waals surface area contributed by atoms with Crippen LogP contribution in [0.2, 0.25) is 10.0 Å². The Bertz CT molecular complexity index is 495. The molecule has 0 spiro atoms. The Morgan fingerprint density at radius 3 is 2.60 bits per heavy atom. The summed E-state index contributed by atoms with van der Waals surface area (Å²) in [5.41, 5.74) is 0.286. The maximum absolute atomic E-state index is 9.28. The lowest BCUT2D eigenvalue weighted by molar-refractivity contribution is 0.258. The van der Waals surface area contributed by atoms with Gasteiger partial charge in [0.25, 0.3) is 0 Å². The average molecular weight is 316 g/mol. The zero-order valence-electron chi connectivity index (χ0n) is 11.7. The number of hydrogen-bond donors (Lipinski definition) is 1. The SMILES string of the molecule is CC(C)(C#N)CCCCOc1c(Cl)cc(Cl)cc1CO. The molecule has 1 N–H and O–H groups in total. The molecule has 0 fully saturated rings. The summed E-state index contributed by atoms with van der Waals surface area (Å²) in [7, 11) is 0. The molecule has 0 amide bonds. The van der Waals surface area contributed by atoms with Gasteiger partial charge in [0.15, 0.2) is 0 Å². The van der Waals surface area contributed by atoms with E-state index in [1.165, 1.54) is 0 Å². The summed E-state index contributed by atoms with van der Waals surface area (Å²) in [6.45, 7) is 4.18. The van der Waals surface area contributed by atoms with Gasteiger partial charge in [-0.15, -0.1) is 0 Å². The average Bonchev–Trinajstić information content (AvgIpc) is 2.39. The molecule has 0 aliphatic rings. The molecule has 1 aromatic carbocycles. The highest BCUT2D eigenvalue weighted by Gasteiger charge is 2.15. The largest absolute Gasteiger partial charge is 0.492 e. The number of nitriles is 1. The predicted octanol–water partition coefficient (Wildman–Crippen LogP) is 4.58. The van der Waals surface area contributed by atoms with Gasteiger partial charge in [-0.25, -0.2) is 0 Å². The minimum atomic E-state index is -0.297. The summed E-state index contributed by atoms with van der Waals surface area (Å²) in [6, 6.07) is 5.51. The number of nitrogens with zero attached hydrogens (tertiary/aromatic N) is 1. The zero-order chi connectivity index (χ0) is 15.2. The van der Waals surface area contributed by atoms with Gasteiger partial charge in [-0.1, -0.05) is 23.2 Å². The molecule has 1 aromatic rings. The summed E-state index contributed by atoms with van der Waals surface area (Å²) >= 11 is 11.9. The number of rotatable bonds is 7. The fraction of sp³-hybridized carbons (Fsp3) is 0.533. The topological polar surface area (TPSA) is 53.2 Å². The Balaban J connectivity index is 2.49. The Kier molecular flexibility index (Phi) is 6.61. The Labute approximate surface area is 130 Å². The number of aliphatic hydroxyl groups excluding tert-OH is 1. The third-order valence-electron chi connectivity index (χ3n) is 3.00. The van der Waals surface area contributed by atoms with Crippen molar-refractivity contribution in [3.63, 3.8) is 0 Å². The second kappa shape index (κ2) is 7.73. The zero-order valence-corrected chi connectivity index (χ0v) is 13.3. The van der Waals surface area contributed by atoms with Gasteiger partial charge in [-0.2, -0.15) is 5.26 Å². The maximum Gasteiger partial charge on any atom is 0.143 e. The van der Waals surface area contributed by atoms with Crippen molar-refractivity contribution in [3.8, 4) is 11.8 Å². The monoisotopic (exact) mass is 315 g/mol. The van der Waals surface area contributed by atoms with Crippen LogP contribution < -0.4 is 4.74 Å². The van der Waals surface area contributed by atoms with Crippen molar-refractivity contribution in [2.24, 2.45) is 5.41 Å². The molecule has 0 bridgehead atoms. The van der Waals surface area contributed by atoms with E-state index in [-0.39, 0.29) is 12.0 Å². The van der Waals surface area contributed by atoms with Crippen LogP contribution in [0.25, 0.3) is 0 Å². The van der Waals surface area contributed by atoms with Crippen LogP contribution >= 0.6 is 23.2 Å². The fourth-order valence-corrected chi connectivity index (χ4v) is 2.38. The third kappa shape index (κ3) is 5.20. The summed E-state index contributed by atoms with van der Waals surface area (Å²) in [5.74, 6) is 0.484. The molecule has 0 radical (unpaired) electrons. The minimum Gasteiger partial charge on any atom is -0.492 e.